The summed E-state index contributed by atoms with van der Waals surface area (Å²) in [6.45, 7) is 8.60. The van der Waals surface area contributed by atoms with E-state index in [0.29, 0.717) is 37.6 Å². The summed E-state index contributed by atoms with van der Waals surface area (Å²) in [7, 11) is 0. The summed E-state index contributed by atoms with van der Waals surface area (Å²) in [5, 5.41) is 10.9. The van der Waals surface area contributed by atoms with Gasteiger partial charge in [0.05, 0.1) is 10.6 Å². The predicted molar refractivity (Wildman–Crippen MR) is 129 cm³/mol. The molecule has 2 aromatic carbocycles. The van der Waals surface area contributed by atoms with Crippen molar-refractivity contribution in [1.29, 1.82) is 0 Å². The second-order valence-corrected chi connectivity index (χ2v) is 9.33. The first-order chi connectivity index (χ1) is 16.2. The zero-order chi connectivity index (χ0) is 24.5. The maximum atomic E-state index is 13.1. The highest BCUT2D eigenvalue weighted by Gasteiger charge is 2.31. The van der Waals surface area contributed by atoms with Gasteiger partial charge < -0.3 is 14.5 Å². The van der Waals surface area contributed by atoms with E-state index >= 15 is 0 Å². The summed E-state index contributed by atoms with van der Waals surface area (Å²) in [5.74, 6) is 0.285. The Labute approximate surface area is 199 Å². The normalized spacial score (nSPS) is 16.2. The van der Waals surface area contributed by atoms with E-state index in [2.05, 4.69) is 25.7 Å². The van der Waals surface area contributed by atoms with E-state index in [4.69, 9.17) is 4.74 Å². The van der Waals surface area contributed by atoms with Gasteiger partial charge in [-0.05, 0) is 41.7 Å². The van der Waals surface area contributed by atoms with Crippen LogP contribution in [0.4, 0.5) is 17.1 Å². The Morgan fingerprint density at radius 3 is 2.38 bits per heavy atom. The van der Waals surface area contributed by atoms with E-state index in [-0.39, 0.29) is 36.1 Å². The smallest absolute Gasteiger partial charge is 0.269 e. The van der Waals surface area contributed by atoms with Gasteiger partial charge in [0.15, 0.2) is 6.61 Å². The number of piperazine rings is 1. The molecule has 0 aromatic heterocycles. The topological polar surface area (TPSA) is 96.2 Å². The predicted octanol–water partition coefficient (Wildman–Crippen LogP) is 3.36. The number of nitro groups is 1. The highest BCUT2D eigenvalue weighted by molar-refractivity contribution is 6.02. The van der Waals surface area contributed by atoms with Crippen LogP contribution in [0.3, 0.4) is 0 Å². The van der Waals surface area contributed by atoms with Crippen molar-refractivity contribution in [2.75, 3.05) is 49.1 Å². The number of hydrogen-bond acceptors (Lipinski definition) is 6. The summed E-state index contributed by atoms with van der Waals surface area (Å²) < 4.78 is 5.62. The lowest BCUT2D eigenvalue weighted by Crippen LogP contribution is -2.53. The molecule has 2 heterocycles. The first kappa shape index (κ1) is 23.5. The number of carbonyl (C=O) groups is 2. The van der Waals surface area contributed by atoms with Crippen molar-refractivity contribution in [1.82, 2.24) is 4.90 Å². The van der Waals surface area contributed by atoms with Crippen LogP contribution in [0.15, 0.2) is 42.5 Å². The second-order valence-electron chi connectivity index (χ2n) is 9.33. The van der Waals surface area contributed by atoms with Crippen LogP contribution in [-0.2, 0) is 15.0 Å². The van der Waals surface area contributed by atoms with Crippen LogP contribution in [0, 0.1) is 10.1 Å². The Hall–Kier alpha value is -3.62. The molecule has 9 heteroatoms. The molecule has 34 heavy (non-hydrogen) atoms. The number of fused-ring (bicyclic) bond motifs is 1. The number of carbonyl (C=O) groups excluding carboxylic acids is 2. The molecule has 0 radical (unpaired) electrons. The van der Waals surface area contributed by atoms with Gasteiger partial charge in [0.2, 0.25) is 5.91 Å². The van der Waals surface area contributed by atoms with Crippen LogP contribution in [-0.4, -0.2) is 61.0 Å². The van der Waals surface area contributed by atoms with Gasteiger partial charge in [-0.2, -0.15) is 0 Å². The molecule has 2 amide bonds. The highest BCUT2D eigenvalue weighted by Crippen LogP contribution is 2.37. The van der Waals surface area contributed by atoms with Gasteiger partial charge >= 0.3 is 0 Å². The molecule has 0 N–H and O–H groups in total. The molecule has 0 spiro atoms. The monoisotopic (exact) mass is 466 g/mol. The van der Waals surface area contributed by atoms with Crippen molar-refractivity contribution in [2.45, 2.75) is 32.6 Å². The molecule has 0 atom stereocenters. The van der Waals surface area contributed by atoms with E-state index < -0.39 is 4.92 Å². The maximum Gasteiger partial charge on any atom is 0.269 e. The fourth-order valence-corrected chi connectivity index (χ4v) is 4.24. The number of amides is 2. The molecule has 2 aromatic rings. The molecule has 1 saturated heterocycles. The second kappa shape index (κ2) is 9.32. The Balaban J connectivity index is 1.43. The minimum absolute atomic E-state index is 0.0251. The first-order valence-electron chi connectivity index (χ1n) is 11.5. The highest BCUT2D eigenvalue weighted by atomic mass is 16.6. The Kier molecular flexibility index (Phi) is 6.45. The summed E-state index contributed by atoms with van der Waals surface area (Å²) in [6.07, 6.45) is 0.943. The first-order valence-corrected chi connectivity index (χ1v) is 11.5. The average Bonchev–Trinajstić information content (AvgIpc) is 2.85. The van der Waals surface area contributed by atoms with Crippen molar-refractivity contribution in [3.8, 4) is 5.75 Å². The molecule has 180 valence electrons. The number of nitrogens with zero attached hydrogens (tertiary/aromatic N) is 4. The van der Waals surface area contributed by atoms with Crippen molar-refractivity contribution in [3.05, 3.63) is 58.1 Å². The zero-order valence-corrected chi connectivity index (χ0v) is 19.8. The number of anilines is 2. The fourth-order valence-electron chi connectivity index (χ4n) is 4.24. The molecule has 2 aliphatic rings. The molecule has 2 aliphatic heterocycles. The lowest BCUT2D eigenvalue weighted by molar-refractivity contribution is -0.384. The Bertz CT molecular complexity index is 1090. The molecular weight excluding hydrogens is 436 g/mol. The molecular formula is C25H30N4O5. The summed E-state index contributed by atoms with van der Waals surface area (Å²) >= 11 is 0. The third kappa shape index (κ3) is 4.69. The van der Waals surface area contributed by atoms with Gasteiger partial charge in [-0.1, -0.05) is 26.8 Å². The van der Waals surface area contributed by atoms with Crippen molar-refractivity contribution >= 4 is 28.9 Å². The van der Waals surface area contributed by atoms with Gasteiger partial charge in [0, 0.05) is 44.0 Å². The van der Waals surface area contributed by atoms with E-state index in [1.165, 1.54) is 12.1 Å². The van der Waals surface area contributed by atoms with Crippen LogP contribution in [0.2, 0.25) is 0 Å². The van der Waals surface area contributed by atoms with Gasteiger partial charge in [-0.25, -0.2) is 0 Å². The maximum absolute atomic E-state index is 13.1. The largest absolute Gasteiger partial charge is 0.482 e. The van der Waals surface area contributed by atoms with Crippen LogP contribution in [0.1, 0.15) is 32.8 Å². The standard InChI is InChI=1S/C25H30N4O5/c1-4-25(2,3)18-5-10-22-21(15-18)28(24(31)17-34-22)16-23(30)27-13-11-26(12-14-27)19-6-8-20(9-7-19)29(32)33/h5-10,15H,4,11-14,16-17H2,1-3H3. The van der Waals surface area contributed by atoms with Gasteiger partial charge in [-0.3, -0.25) is 24.6 Å². The molecule has 1 fully saturated rings. The van der Waals surface area contributed by atoms with E-state index in [1.54, 1.807) is 21.9 Å². The van der Waals surface area contributed by atoms with Crippen LogP contribution < -0.4 is 14.5 Å². The minimum Gasteiger partial charge on any atom is -0.482 e. The zero-order valence-electron chi connectivity index (χ0n) is 19.8. The summed E-state index contributed by atoms with van der Waals surface area (Å²) in [4.78, 5) is 41.7. The molecule has 0 unspecified atom stereocenters. The number of nitro benzene ring substituents is 1. The molecule has 0 bridgehead atoms. The van der Waals surface area contributed by atoms with Gasteiger partial charge in [0.1, 0.15) is 12.3 Å². The summed E-state index contributed by atoms with van der Waals surface area (Å²) in [6, 6.07) is 12.3. The van der Waals surface area contributed by atoms with Crippen molar-refractivity contribution in [2.24, 2.45) is 0 Å². The lowest BCUT2D eigenvalue weighted by Gasteiger charge is -2.37. The van der Waals surface area contributed by atoms with Crippen LogP contribution >= 0.6 is 0 Å². The minimum atomic E-state index is -0.419. The Morgan fingerprint density at radius 2 is 1.76 bits per heavy atom. The number of hydrogen-bond donors (Lipinski definition) is 0. The number of ether oxygens (including phenoxy) is 1. The molecule has 0 aliphatic carbocycles. The number of non-ortho nitro benzene ring substituents is 1. The van der Waals surface area contributed by atoms with E-state index in [0.717, 1.165) is 17.7 Å². The van der Waals surface area contributed by atoms with Crippen LogP contribution in [0.5, 0.6) is 5.75 Å². The van der Waals surface area contributed by atoms with Crippen molar-refractivity contribution in [3.63, 3.8) is 0 Å². The summed E-state index contributed by atoms with van der Waals surface area (Å²) in [5.41, 5.74) is 2.63. The molecule has 0 saturated carbocycles. The van der Waals surface area contributed by atoms with Crippen LogP contribution in [0.25, 0.3) is 0 Å². The van der Waals surface area contributed by atoms with E-state index in [9.17, 15) is 19.7 Å². The third-order valence-electron chi connectivity index (χ3n) is 6.92. The number of rotatable bonds is 6. The van der Waals surface area contributed by atoms with Gasteiger partial charge in [-0.15, -0.1) is 0 Å². The Morgan fingerprint density at radius 1 is 1.09 bits per heavy atom. The number of benzene rings is 2. The molecule has 9 nitrogen and oxygen atoms in total. The quantitative estimate of drug-likeness (QED) is 0.479. The third-order valence-corrected chi connectivity index (χ3v) is 6.92. The van der Waals surface area contributed by atoms with E-state index in [1.807, 2.05) is 18.2 Å². The molecule has 4 rings (SSSR count). The van der Waals surface area contributed by atoms with Gasteiger partial charge in [0.25, 0.3) is 11.6 Å². The average molecular weight is 467 g/mol. The lowest BCUT2D eigenvalue weighted by atomic mass is 9.82. The fraction of sp³-hybridized carbons (Fsp3) is 0.440. The van der Waals surface area contributed by atoms with Crippen molar-refractivity contribution < 1.29 is 19.2 Å². The SMILES string of the molecule is CCC(C)(C)c1ccc2c(c1)N(CC(=O)N1CCN(c3ccc([N+](=O)[O-])cc3)CC1)C(=O)CO2.